The van der Waals surface area contributed by atoms with Gasteiger partial charge in [-0.15, -0.1) is 0 Å². The molecule has 0 aliphatic rings. The van der Waals surface area contributed by atoms with Crippen LogP contribution in [0.5, 0.6) is 5.75 Å². The van der Waals surface area contributed by atoms with Gasteiger partial charge in [-0.2, -0.15) is 0 Å². The lowest BCUT2D eigenvalue weighted by Crippen LogP contribution is -2.08. The van der Waals surface area contributed by atoms with Crippen LogP contribution in [0.25, 0.3) is 0 Å². The summed E-state index contributed by atoms with van der Waals surface area (Å²) in [5.41, 5.74) is 0. The molecule has 14 heavy (non-hydrogen) atoms. The van der Waals surface area contributed by atoms with Gasteiger partial charge in [0, 0.05) is 0 Å². The number of hydrogen-bond donors (Lipinski definition) is 0. The first-order valence-corrected chi connectivity index (χ1v) is 7.02. The topological polar surface area (TPSA) is 43.4 Å². The molecule has 3 nitrogen and oxygen atoms in total. The molecule has 0 fully saturated rings. The number of hydrogen-bond acceptors (Lipinski definition) is 3. The van der Waals surface area contributed by atoms with Crippen LogP contribution in [-0.2, 0) is 9.84 Å². The van der Waals surface area contributed by atoms with Gasteiger partial charge in [-0.05, 0) is 24.3 Å². The second kappa shape index (κ2) is 4.63. The Morgan fingerprint density at radius 3 is 2.07 bits per heavy atom. The molecule has 0 amide bonds. The Morgan fingerprint density at radius 2 is 1.71 bits per heavy atom. The van der Waals surface area contributed by atoms with Gasteiger partial charge >= 0.3 is 0 Å². The third kappa shape index (κ3) is 2.49. The van der Waals surface area contributed by atoms with Gasteiger partial charge in [0.05, 0.1) is 12.0 Å². The number of benzene rings is 1. The molecule has 0 aliphatic heterocycles. The van der Waals surface area contributed by atoms with Crippen LogP contribution in [0, 0.1) is 0 Å². The lowest BCUT2D eigenvalue weighted by molar-refractivity contribution is 0.414. The summed E-state index contributed by atoms with van der Waals surface area (Å²) in [6.45, 7) is 0. The first kappa shape index (κ1) is 12.0. The van der Waals surface area contributed by atoms with Gasteiger partial charge in [0.2, 0.25) is 9.84 Å². The van der Waals surface area contributed by atoms with Crippen LogP contribution in [0.4, 0.5) is 0 Å². The molecule has 0 atom stereocenters. The molecular weight excluding hydrogens is 336 g/mol. The molecule has 0 bridgehead atoms. The van der Waals surface area contributed by atoms with Crippen LogP contribution < -0.4 is 4.74 Å². The van der Waals surface area contributed by atoms with E-state index < -0.39 is 12.9 Å². The quantitative estimate of drug-likeness (QED) is 0.792. The number of halogens is 2. The van der Waals surface area contributed by atoms with Crippen LogP contribution in [-0.4, -0.2) is 18.6 Å². The highest BCUT2D eigenvalue weighted by molar-refractivity contribution is 9.27. The van der Waals surface area contributed by atoms with Gasteiger partial charge in [0.1, 0.15) is 5.75 Å². The number of alkyl halides is 2. The fraction of sp³-hybridized carbons (Fsp3) is 0.250. The Hall–Kier alpha value is -0.0700. The Labute approximate surface area is 99.6 Å². The minimum Gasteiger partial charge on any atom is -0.497 e. The molecule has 0 unspecified atom stereocenters. The lowest BCUT2D eigenvalue weighted by Gasteiger charge is -2.05. The van der Waals surface area contributed by atoms with Crippen molar-refractivity contribution >= 4 is 41.7 Å². The molecule has 1 rings (SSSR count). The van der Waals surface area contributed by atoms with E-state index in [1.165, 1.54) is 19.2 Å². The fourth-order valence-corrected chi connectivity index (χ4v) is 2.88. The summed E-state index contributed by atoms with van der Waals surface area (Å²) in [5.74, 6) is 0.629. The molecule has 1 aromatic carbocycles. The largest absolute Gasteiger partial charge is 0.497 e. The zero-order valence-electron chi connectivity index (χ0n) is 7.28. The molecule has 78 valence electrons. The summed E-state index contributed by atoms with van der Waals surface area (Å²) in [6, 6.07) is 6.22. The van der Waals surface area contributed by atoms with Crippen molar-refractivity contribution in [2.75, 3.05) is 7.11 Å². The Morgan fingerprint density at radius 1 is 1.21 bits per heavy atom. The molecule has 1 aromatic rings. The van der Waals surface area contributed by atoms with Gasteiger partial charge in [0.25, 0.3) is 0 Å². The number of ether oxygens (including phenoxy) is 1. The standard InChI is InChI=1S/C8H8Br2O3S/c1-13-6-2-4-7(5-3-6)14(11,12)8(9)10/h2-5,8H,1H3. The molecule has 0 saturated carbocycles. The summed E-state index contributed by atoms with van der Waals surface area (Å²) in [7, 11) is -1.80. The van der Waals surface area contributed by atoms with E-state index in [9.17, 15) is 8.42 Å². The van der Waals surface area contributed by atoms with E-state index in [4.69, 9.17) is 4.74 Å². The van der Waals surface area contributed by atoms with Crippen molar-refractivity contribution in [2.45, 2.75) is 7.96 Å². The summed E-state index contributed by atoms with van der Waals surface area (Å²) < 4.78 is 27.4. The predicted octanol–water partition coefficient (Wildman–Crippen LogP) is 2.54. The van der Waals surface area contributed by atoms with Crippen molar-refractivity contribution in [2.24, 2.45) is 0 Å². The van der Waals surface area contributed by atoms with E-state index in [1.54, 1.807) is 12.1 Å². The minimum atomic E-state index is -3.32. The van der Waals surface area contributed by atoms with Gasteiger partial charge in [0.15, 0.2) is 3.07 Å². The van der Waals surface area contributed by atoms with Crippen LogP contribution in [0.1, 0.15) is 0 Å². The van der Waals surface area contributed by atoms with Crippen LogP contribution >= 0.6 is 31.9 Å². The van der Waals surface area contributed by atoms with E-state index in [-0.39, 0.29) is 4.90 Å². The Bertz CT molecular complexity index is 397. The van der Waals surface area contributed by atoms with Gasteiger partial charge in [-0.25, -0.2) is 8.42 Å². The van der Waals surface area contributed by atoms with Crippen LogP contribution in [0.3, 0.4) is 0 Å². The lowest BCUT2D eigenvalue weighted by atomic mass is 10.3. The van der Waals surface area contributed by atoms with Gasteiger partial charge in [-0.1, -0.05) is 31.9 Å². The maximum atomic E-state index is 11.6. The number of rotatable bonds is 3. The highest BCUT2D eigenvalue weighted by Gasteiger charge is 2.21. The number of methoxy groups -OCH3 is 1. The monoisotopic (exact) mass is 342 g/mol. The summed E-state index contributed by atoms with van der Waals surface area (Å²) >= 11 is 5.93. The van der Waals surface area contributed by atoms with Crippen LogP contribution in [0.15, 0.2) is 29.2 Å². The van der Waals surface area contributed by atoms with E-state index in [1.807, 2.05) is 0 Å². The molecular formula is C8H8Br2O3S. The number of sulfone groups is 1. The first-order chi connectivity index (χ1) is 6.48. The average molecular weight is 344 g/mol. The van der Waals surface area contributed by atoms with Crippen molar-refractivity contribution in [3.63, 3.8) is 0 Å². The molecule has 0 heterocycles. The SMILES string of the molecule is COc1ccc(S(=O)(=O)C(Br)Br)cc1. The third-order valence-electron chi connectivity index (χ3n) is 1.62. The average Bonchev–Trinajstić information content (AvgIpc) is 2.17. The first-order valence-electron chi connectivity index (χ1n) is 3.64. The second-order valence-electron chi connectivity index (χ2n) is 2.48. The van der Waals surface area contributed by atoms with Crippen molar-refractivity contribution < 1.29 is 13.2 Å². The Balaban J connectivity index is 3.10. The molecule has 0 saturated heterocycles. The molecule has 0 aromatic heterocycles. The fourth-order valence-electron chi connectivity index (χ4n) is 0.868. The smallest absolute Gasteiger partial charge is 0.201 e. The Kier molecular flexibility index (Phi) is 3.97. The van der Waals surface area contributed by atoms with Gasteiger partial charge in [-0.3, -0.25) is 0 Å². The van der Waals surface area contributed by atoms with E-state index in [0.717, 1.165) is 0 Å². The highest BCUT2D eigenvalue weighted by atomic mass is 79.9. The third-order valence-corrected chi connectivity index (χ3v) is 5.97. The normalized spacial score (nSPS) is 11.7. The molecule has 0 aliphatic carbocycles. The maximum Gasteiger partial charge on any atom is 0.201 e. The minimum absolute atomic E-state index is 0.247. The van der Waals surface area contributed by atoms with Gasteiger partial charge < -0.3 is 4.74 Å². The van der Waals surface area contributed by atoms with Crippen LogP contribution in [0.2, 0.25) is 0 Å². The molecule has 6 heteroatoms. The summed E-state index contributed by atoms with van der Waals surface area (Å²) in [4.78, 5) is 0.247. The maximum absolute atomic E-state index is 11.6. The molecule has 0 radical (unpaired) electrons. The van der Waals surface area contributed by atoms with E-state index >= 15 is 0 Å². The van der Waals surface area contributed by atoms with Crippen molar-refractivity contribution in [3.05, 3.63) is 24.3 Å². The van der Waals surface area contributed by atoms with E-state index in [2.05, 4.69) is 31.9 Å². The second-order valence-corrected chi connectivity index (χ2v) is 8.79. The zero-order valence-corrected chi connectivity index (χ0v) is 11.3. The summed E-state index contributed by atoms with van der Waals surface area (Å²) in [5, 5.41) is 0. The van der Waals surface area contributed by atoms with E-state index in [0.29, 0.717) is 5.75 Å². The zero-order chi connectivity index (χ0) is 10.8. The van der Waals surface area contributed by atoms with Crippen molar-refractivity contribution in [1.29, 1.82) is 0 Å². The highest BCUT2D eigenvalue weighted by Crippen LogP contribution is 2.25. The molecule has 0 N–H and O–H groups in total. The molecule has 0 spiro atoms. The summed E-state index contributed by atoms with van der Waals surface area (Å²) in [6.07, 6.45) is 0. The predicted molar refractivity (Wildman–Crippen MR) is 61.8 cm³/mol. The van der Waals surface area contributed by atoms with Crippen molar-refractivity contribution in [3.8, 4) is 5.75 Å². The van der Waals surface area contributed by atoms with Crippen molar-refractivity contribution in [1.82, 2.24) is 0 Å².